The highest BCUT2D eigenvalue weighted by molar-refractivity contribution is 5.83. The molecule has 1 atom stereocenters. The Morgan fingerprint density at radius 2 is 2.55 bits per heavy atom. The van der Waals surface area contributed by atoms with Crippen LogP contribution in [-0.2, 0) is 0 Å². The number of oxime groups is 1. The Kier molecular flexibility index (Phi) is 1.94. The van der Waals surface area contributed by atoms with Crippen molar-refractivity contribution in [1.29, 1.82) is 0 Å². The molecule has 60 valence electrons. The van der Waals surface area contributed by atoms with Crippen LogP contribution in [0.15, 0.2) is 21.9 Å². The van der Waals surface area contributed by atoms with Crippen molar-refractivity contribution < 1.29 is 5.21 Å². The number of nitrogens with one attached hydrogen (secondary N) is 1. The molecule has 0 amide bonds. The van der Waals surface area contributed by atoms with Crippen molar-refractivity contribution >= 4 is 12.4 Å². The molecule has 0 radical (unpaired) electrons. The minimum Gasteiger partial charge on any atom is -0.411 e. The Bertz CT molecular complexity index is 232. The highest BCUT2D eigenvalue weighted by Crippen LogP contribution is 2.07. The zero-order valence-electron chi connectivity index (χ0n) is 6.57. The third-order valence-corrected chi connectivity index (χ3v) is 1.44. The van der Waals surface area contributed by atoms with E-state index in [0.717, 1.165) is 5.57 Å². The molecule has 0 aromatic carbocycles. The lowest BCUT2D eigenvalue weighted by atomic mass is 10.2. The van der Waals surface area contributed by atoms with Gasteiger partial charge < -0.3 is 10.5 Å². The molecule has 4 heteroatoms. The van der Waals surface area contributed by atoms with Crippen molar-refractivity contribution in [2.45, 2.75) is 19.5 Å². The molecule has 1 heterocycles. The molecule has 1 rings (SSSR count). The van der Waals surface area contributed by atoms with E-state index < -0.39 is 5.66 Å². The van der Waals surface area contributed by atoms with E-state index in [1.54, 1.807) is 6.21 Å². The van der Waals surface area contributed by atoms with E-state index in [9.17, 15) is 0 Å². The fourth-order valence-corrected chi connectivity index (χ4v) is 0.753. The van der Waals surface area contributed by atoms with Gasteiger partial charge in [0.15, 0.2) is 5.66 Å². The summed E-state index contributed by atoms with van der Waals surface area (Å²) in [6.07, 6.45) is 4.90. The highest BCUT2D eigenvalue weighted by Gasteiger charge is 2.19. The van der Waals surface area contributed by atoms with Gasteiger partial charge in [0, 0.05) is 12.4 Å². The van der Waals surface area contributed by atoms with E-state index in [2.05, 4.69) is 15.5 Å². The monoisotopic (exact) mass is 153 g/mol. The van der Waals surface area contributed by atoms with Crippen LogP contribution < -0.4 is 5.32 Å². The first-order valence-electron chi connectivity index (χ1n) is 3.34. The molecule has 0 aromatic heterocycles. The van der Waals surface area contributed by atoms with Gasteiger partial charge in [-0.05, 0) is 19.4 Å². The zero-order chi connectivity index (χ0) is 8.32. The molecule has 0 fully saturated rings. The molecule has 1 aliphatic heterocycles. The summed E-state index contributed by atoms with van der Waals surface area (Å²) in [6, 6.07) is 0. The first-order chi connectivity index (χ1) is 5.16. The largest absolute Gasteiger partial charge is 0.411 e. The Morgan fingerprint density at radius 3 is 3.00 bits per heavy atom. The van der Waals surface area contributed by atoms with Crippen molar-refractivity contribution in [3.8, 4) is 0 Å². The van der Waals surface area contributed by atoms with Crippen LogP contribution in [0, 0.1) is 0 Å². The zero-order valence-corrected chi connectivity index (χ0v) is 6.57. The summed E-state index contributed by atoms with van der Waals surface area (Å²) in [5.74, 6) is 0. The van der Waals surface area contributed by atoms with Gasteiger partial charge in [0.1, 0.15) is 0 Å². The number of hydrogen-bond acceptors (Lipinski definition) is 4. The number of allylic oxidation sites excluding steroid dienone is 1. The molecule has 0 aromatic rings. The van der Waals surface area contributed by atoms with Gasteiger partial charge >= 0.3 is 0 Å². The van der Waals surface area contributed by atoms with Crippen molar-refractivity contribution in [3.63, 3.8) is 0 Å². The fourth-order valence-electron chi connectivity index (χ4n) is 0.753. The Balaban J connectivity index is 2.74. The van der Waals surface area contributed by atoms with Crippen molar-refractivity contribution in [1.82, 2.24) is 5.32 Å². The maximum atomic E-state index is 8.28. The molecule has 0 saturated carbocycles. The second-order valence-corrected chi connectivity index (χ2v) is 2.68. The van der Waals surface area contributed by atoms with Gasteiger partial charge in [-0.1, -0.05) is 5.16 Å². The molecule has 0 aliphatic carbocycles. The number of hydrogen-bond donors (Lipinski definition) is 2. The molecule has 0 saturated heterocycles. The van der Waals surface area contributed by atoms with Crippen molar-refractivity contribution in [2.75, 3.05) is 0 Å². The van der Waals surface area contributed by atoms with E-state index in [4.69, 9.17) is 5.21 Å². The van der Waals surface area contributed by atoms with Gasteiger partial charge in [0.05, 0.1) is 6.21 Å². The number of aliphatic imine (C=N–C) groups is 1. The molecule has 0 spiro atoms. The minimum atomic E-state index is -0.589. The Hall–Kier alpha value is -1.32. The SMILES string of the molecule is CC1=CNC(C)(C=NO)N=C1. The summed E-state index contributed by atoms with van der Waals surface area (Å²) < 4.78 is 0. The maximum Gasteiger partial charge on any atom is 0.165 e. The highest BCUT2D eigenvalue weighted by atomic mass is 16.4. The molecule has 2 N–H and O–H groups in total. The predicted molar refractivity (Wildman–Crippen MR) is 44.1 cm³/mol. The van der Waals surface area contributed by atoms with Gasteiger partial charge in [-0.2, -0.15) is 0 Å². The van der Waals surface area contributed by atoms with Crippen LogP contribution in [-0.4, -0.2) is 23.3 Å². The van der Waals surface area contributed by atoms with Gasteiger partial charge in [-0.3, -0.25) is 4.99 Å². The smallest absolute Gasteiger partial charge is 0.165 e. The van der Waals surface area contributed by atoms with Crippen LogP contribution in [0.2, 0.25) is 0 Å². The van der Waals surface area contributed by atoms with Crippen LogP contribution >= 0.6 is 0 Å². The van der Waals surface area contributed by atoms with Gasteiger partial charge in [0.2, 0.25) is 0 Å². The van der Waals surface area contributed by atoms with E-state index in [-0.39, 0.29) is 0 Å². The molecule has 0 bridgehead atoms. The molecule has 1 aliphatic rings. The lowest BCUT2D eigenvalue weighted by Gasteiger charge is -2.23. The molecule has 4 nitrogen and oxygen atoms in total. The summed E-state index contributed by atoms with van der Waals surface area (Å²) in [6.45, 7) is 3.75. The normalized spacial score (nSPS) is 30.2. The summed E-state index contributed by atoms with van der Waals surface area (Å²) in [5, 5.41) is 14.2. The minimum absolute atomic E-state index is 0.589. The van der Waals surface area contributed by atoms with Crippen molar-refractivity contribution in [2.24, 2.45) is 10.1 Å². The second-order valence-electron chi connectivity index (χ2n) is 2.68. The first kappa shape index (κ1) is 7.78. The molecule has 1 unspecified atom stereocenters. The Morgan fingerprint density at radius 1 is 1.82 bits per heavy atom. The molecule has 11 heavy (non-hydrogen) atoms. The summed E-state index contributed by atoms with van der Waals surface area (Å²) in [5.41, 5.74) is 0.461. The first-order valence-corrected chi connectivity index (χ1v) is 3.34. The third kappa shape index (κ3) is 1.80. The average Bonchev–Trinajstić information content (AvgIpc) is 1.97. The molecular formula is C7H11N3O. The van der Waals surface area contributed by atoms with Crippen LogP contribution in [0.1, 0.15) is 13.8 Å². The topological polar surface area (TPSA) is 57.0 Å². The number of nitrogens with zero attached hydrogens (tertiary/aromatic N) is 2. The van der Waals surface area contributed by atoms with Crippen molar-refractivity contribution in [3.05, 3.63) is 11.8 Å². The predicted octanol–water partition coefficient (Wildman–Crippen LogP) is 0.740. The second kappa shape index (κ2) is 2.74. The van der Waals surface area contributed by atoms with E-state index in [0.29, 0.717) is 0 Å². The fraction of sp³-hybridized carbons (Fsp3) is 0.429. The van der Waals surface area contributed by atoms with E-state index in [1.807, 2.05) is 20.0 Å². The van der Waals surface area contributed by atoms with Gasteiger partial charge in [-0.15, -0.1) is 0 Å². The lowest BCUT2D eigenvalue weighted by Crippen LogP contribution is -2.40. The van der Waals surface area contributed by atoms with E-state index in [1.165, 1.54) is 6.21 Å². The van der Waals surface area contributed by atoms with Crippen LogP contribution in [0.3, 0.4) is 0 Å². The standard InChI is InChI=1S/C7H11N3O/c1-6-3-8-7(2,5-10-11)9-4-6/h3-5,8,11H,1-2H3. The summed E-state index contributed by atoms with van der Waals surface area (Å²) in [4.78, 5) is 4.12. The van der Waals surface area contributed by atoms with Crippen LogP contribution in [0.5, 0.6) is 0 Å². The van der Waals surface area contributed by atoms with Crippen LogP contribution in [0.25, 0.3) is 0 Å². The van der Waals surface area contributed by atoms with Gasteiger partial charge in [0.25, 0.3) is 0 Å². The Labute approximate surface area is 65.3 Å². The quantitative estimate of drug-likeness (QED) is 0.331. The lowest BCUT2D eigenvalue weighted by molar-refractivity contribution is 0.316. The van der Waals surface area contributed by atoms with E-state index >= 15 is 0 Å². The average molecular weight is 153 g/mol. The molecular weight excluding hydrogens is 142 g/mol. The van der Waals surface area contributed by atoms with Crippen LogP contribution in [0.4, 0.5) is 0 Å². The summed E-state index contributed by atoms with van der Waals surface area (Å²) >= 11 is 0. The number of rotatable bonds is 1. The van der Waals surface area contributed by atoms with Gasteiger partial charge in [-0.25, -0.2) is 0 Å². The summed E-state index contributed by atoms with van der Waals surface area (Å²) in [7, 11) is 0. The third-order valence-electron chi connectivity index (χ3n) is 1.44. The maximum absolute atomic E-state index is 8.28.